The zero-order valence-electron chi connectivity index (χ0n) is 17.5. The van der Waals surface area contributed by atoms with Crippen LogP contribution >= 0.6 is 0 Å². The van der Waals surface area contributed by atoms with Gasteiger partial charge in [0, 0.05) is 12.0 Å². The Labute approximate surface area is 169 Å². The van der Waals surface area contributed by atoms with E-state index in [0.717, 1.165) is 31.2 Å². The summed E-state index contributed by atoms with van der Waals surface area (Å²) in [7, 11) is 0. The van der Waals surface area contributed by atoms with Gasteiger partial charge in [-0.05, 0) is 24.8 Å². The van der Waals surface area contributed by atoms with Crippen LogP contribution < -0.4 is 4.74 Å². The number of carbonyl (C=O) groups is 1. The van der Waals surface area contributed by atoms with Crippen LogP contribution in [0.2, 0.25) is 0 Å². The second kappa shape index (κ2) is 13.0. The summed E-state index contributed by atoms with van der Waals surface area (Å²) in [5.74, 6) is 0.839. The Morgan fingerprint density at radius 3 is 2.11 bits per heavy atom. The molecule has 0 N–H and O–H groups in total. The van der Waals surface area contributed by atoms with E-state index in [4.69, 9.17) is 4.74 Å². The second-order valence-electron chi connectivity index (χ2n) is 7.39. The van der Waals surface area contributed by atoms with Gasteiger partial charge in [0.05, 0.1) is 12.4 Å². The van der Waals surface area contributed by atoms with E-state index in [0.29, 0.717) is 18.0 Å². The zero-order chi connectivity index (χ0) is 20.0. The first-order valence-corrected chi connectivity index (χ1v) is 10.8. The molecule has 0 spiro atoms. The fraction of sp³-hybridized carbons (Fsp3) is 0.542. The lowest BCUT2D eigenvalue weighted by atomic mass is 10.0. The summed E-state index contributed by atoms with van der Waals surface area (Å²) in [6.45, 7) is 4.36. The molecule has 1 heterocycles. The Balaban J connectivity index is 1.79. The van der Waals surface area contributed by atoms with Crippen LogP contribution in [0, 0.1) is 0 Å². The molecule has 0 saturated heterocycles. The Bertz CT molecular complexity index is 681. The van der Waals surface area contributed by atoms with Crippen molar-refractivity contribution in [1.82, 2.24) is 9.97 Å². The van der Waals surface area contributed by atoms with Gasteiger partial charge >= 0.3 is 5.97 Å². The van der Waals surface area contributed by atoms with E-state index in [1.54, 1.807) is 12.4 Å². The van der Waals surface area contributed by atoms with Crippen LogP contribution in [-0.4, -0.2) is 15.9 Å². The van der Waals surface area contributed by atoms with Gasteiger partial charge in [-0.2, -0.15) is 0 Å². The number of carbonyl (C=O) groups excluding carboxylic acids is 1. The highest BCUT2D eigenvalue weighted by Gasteiger charge is 2.07. The highest BCUT2D eigenvalue weighted by atomic mass is 16.5. The monoisotopic (exact) mass is 382 g/mol. The molecule has 28 heavy (non-hydrogen) atoms. The molecule has 0 bridgehead atoms. The smallest absolute Gasteiger partial charge is 0.311 e. The number of hydrogen-bond acceptors (Lipinski definition) is 4. The van der Waals surface area contributed by atoms with Gasteiger partial charge in [0.15, 0.2) is 11.6 Å². The van der Waals surface area contributed by atoms with E-state index in [1.807, 2.05) is 0 Å². The summed E-state index contributed by atoms with van der Waals surface area (Å²) >= 11 is 0. The minimum atomic E-state index is -0.219. The van der Waals surface area contributed by atoms with Crippen molar-refractivity contribution in [1.29, 1.82) is 0 Å². The number of unbranched alkanes of at least 4 members (excludes halogenated alkanes) is 7. The van der Waals surface area contributed by atoms with Crippen LogP contribution in [0.5, 0.6) is 5.75 Å². The maximum atomic E-state index is 11.8. The molecule has 0 atom stereocenters. The summed E-state index contributed by atoms with van der Waals surface area (Å²) in [6, 6.07) is 8.45. The van der Waals surface area contributed by atoms with Crippen molar-refractivity contribution >= 4 is 5.97 Å². The number of rotatable bonds is 13. The van der Waals surface area contributed by atoms with Gasteiger partial charge in [-0.15, -0.1) is 0 Å². The predicted octanol–water partition coefficient (Wildman–Crippen LogP) is 6.53. The van der Waals surface area contributed by atoms with Crippen LogP contribution in [-0.2, 0) is 11.2 Å². The molecule has 0 aliphatic carbocycles. The van der Waals surface area contributed by atoms with E-state index < -0.39 is 0 Å². The van der Waals surface area contributed by atoms with Crippen molar-refractivity contribution in [2.75, 3.05) is 0 Å². The molecule has 0 aliphatic rings. The molecule has 0 aliphatic heterocycles. The molecule has 0 unspecified atom stereocenters. The number of aryl methyl sites for hydroxylation is 1. The highest BCUT2D eigenvalue weighted by molar-refractivity contribution is 5.72. The summed E-state index contributed by atoms with van der Waals surface area (Å²) in [4.78, 5) is 20.4. The summed E-state index contributed by atoms with van der Waals surface area (Å²) in [5.41, 5.74) is 2.34. The van der Waals surface area contributed by atoms with E-state index in [9.17, 15) is 4.79 Å². The second-order valence-corrected chi connectivity index (χ2v) is 7.39. The number of aromatic nitrogens is 2. The van der Waals surface area contributed by atoms with Gasteiger partial charge in [-0.25, -0.2) is 9.97 Å². The van der Waals surface area contributed by atoms with Gasteiger partial charge in [-0.3, -0.25) is 4.79 Å². The molecule has 0 radical (unpaired) electrons. The maximum absolute atomic E-state index is 11.8. The van der Waals surface area contributed by atoms with Gasteiger partial charge in [0.2, 0.25) is 0 Å². The van der Waals surface area contributed by atoms with Gasteiger partial charge < -0.3 is 4.74 Å². The average molecular weight is 383 g/mol. The number of ether oxygens (including phenoxy) is 1. The molecule has 1 aromatic carbocycles. The van der Waals surface area contributed by atoms with Crippen molar-refractivity contribution in [2.45, 2.75) is 84.5 Å². The highest BCUT2D eigenvalue weighted by Crippen LogP contribution is 2.19. The molecule has 152 valence electrons. The van der Waals surface area contributed by atoms with E-state index >= 15 is 0 Å². The molecule has 1 aromatic heterocycles. The summed E-state index contributed by atoms with van der Waals surface area (Å²) in [5, 5.41) is 0. The summed E-state index contributed by atoms with van der Waals surface area (Å²) < 4.78 is 5.29. The standard InChI is InChI=1S/C24H34N2O2/c1-3-5-7-8-9-11-12-20-14-16-21(17-15-20)24-25-18-22(19-26-24)28-23(27)13-10-6-4-2/h14-19H,3-13H2,1-2H3. The van der Waals surface area contributed by atoms with E-state index in [1.165, 1.54) is 44.1 Å². The maximum Gasteiger partial charge on any atom is 0.311 e. The minimum absolute atomic E-state index is 0.219. The first-order valence-electron chi connectivity index (χ1n) is 10.8. The number of benzene rings is 1. The fourth-order valence-corrected chi connectivity index (χ4v) is 3.15. The van der Waals surface area contributed by atoms with Gasteiger partial charge in [0.25, 0.3) is 0 Å². The largest absolute Gasteiger partial charge is 0.423 e. The van der Waals surface area contributed by atoms with Crippen molar-refractivity contribution in [3.8, 4) is 17.1 Å². The normalized spacial score (nSPS) is 10.8. The van der Waals surface area contributed by atoms with Crippen molar-refractivity contribution < 1.29 is 9.53 Å². The number of nitrogens with zero attached hydrogens (tertiary/aromatic N) is 2. The molecule has 0 amide bonds. The van der Waals surface area contributed by atoms with Crippen molar-refractivity contribution in [2.24, 2.45) is 0 Å². The number of hydrogen-bond donors (Lipinski definition) is 0. The average Bonchev–Trinajstić information content (AvgIpc) is 2.72. The Morgan fingerprint density at radius 1 is 0.821 bits per heavy atom. The fourth-order valence-electron chi connectivity index (χ4n) is 3.15. The molecule has 2 rings (SSSR count). The van der Waals surface area contributed by atoms with Crippen LogP contribution in [0.15, 0.2) is 36.7 Å². The molecule has 0 fully saturated rings. The molecular weight excluding hydrogens is 348 g/mol. The van der Waals surface area contributed by atoms with E-state index in [2.05, 4.69) is 48.1 Å². The van der Waals surface area contributed by atoms with Crippen molar-refractivity contribution in [3.05, 3.63) is 42.2 Å². The quantitative estimate of drug-likeness (QED) is 0.292. The van der Waals surface area contributed by atoms with Crippen LogP contribution in [0.25, 0.3) is 11.4 Å². The third kappa shape index (κ3) is 8.20. The Kier molecular flexibility index (Phi) is 10.3. The lowest BCUT2D eigenvalue weighted by Crippen LogP contribution is -2.08. The van der Waals surface area contributed by atoms with Crippen LogP contribution in [0.3, 0.4) is 0 Å². The van der Waals surface area contributed by atoms with Gasteiger partial charge in [-0.1, -0.05) is 83.1 Å². The molecular formula is C24H34N2O2. The third-order valence-electron chi connectivity index (χ3n) is 4.88. The molecule has 4 heteroatoms. The Morgan fingerprint density at radius 2 is 1.43 bits per heavy atom. The molecule has 4 nitrogen and oxygen atoms in total. The lowest BCUT2D eigenvalue weighted by Gasteiger charge is -2.06. The SMILES string of the molecule is CCCCCCCCc1ccc(-c2ncc(OC(=O)CCCCC)cn2)cc1. The first kappa shape index (κ1) is 22.1. The third-order valence-corrected chi connectivity index (χ3v) is 4.88. The first-order chi connectivity index (χ1) is 13.7. The lowest BCUT2D eigenvalue weighted by molar-refractivity contribution is -0.134. The molecule has 2 aromatic rings. The zero-order valence-corrected chi connectivity index (χ0v) is 17.5. The topological polar surface area (TPSA) is 52.1 Å². The minimum Gasteiger partial charge on any atom is -0.423 e. The van der Waals surface area contributed by atoms with Crippen molar-refractivity contribution in [3.63, 3.8) is 0 Å². The van der Waals surface area contributed by atoms with Crippen LogP contribution in [0.1, 0.15) is 83.6 Å². The number of esters is 1. The summed E-state index contributed by atoms with van der Waals surface area (Å²) in [6.07, 6.45) is 15.6. The van der Waals surface area contributed by atoms with E-state index in [-0.39, 0.29) is 5.97 Å². The predicted molar refractivity (Wildman–Crippen MR) is 114 cm³/mol. The van der Waals surface area contributed by atoms with Crippen LogP contribution in [0.4, 0.5) is 0 Å². The molecule has 0 saturated carbocycles. The van der Waals surface area contributed by atoms with Gasteiger partial charge in [0.1, 0.15) is 0 Å². The Hall–Kier alpha value is -2.23.